The Labute approximate surface area is 203 Å². The third kappa shape index (κ3) is 4.29. The normalized spacial score (nSPS) is 14.8. The minimum atomic E-state index is -3.30. The number of rotatable bonds is 6. The predicted molar refractivity (Wildman–Crippen MR) is 133 cm³/mol. The number of piperazine rings is 1. The molecule has 0 amide bonds. The maximum absolute atomic E-state index is 12.3. The lowest BCUT2D eigenvalue weighted by molar-refractivity contribution is 0.385. The van der Waals surface area contributed by atoms with Crippen LogP contribution in [0.3, 0.4) is 0 Å². The molecule has 5 rings (SSSR count). The second-order valence-corrected chi connectivity index (χ2v) is 10.4. The van der Waals surface area contributed by atoms with Crippen LogP contribution in [0, 0.1) is 11.3 Å². The summed E-state index contributed by atoms with van der Waals surface area (Å²) in [4.78, 5) is 6.74. The van der Waals surface area contributed by atoms with Gasteiger partial charge in [0, 0.05) is 74.1 Å². The van der Waals surface area contributed by atoms with Gasteiger partial charge in [0.1, 0.15) is 11.9 Å². The Morgan fingerprint density at radius 2 is 1.86 bits per heavy atom. The van der Waals surface area contributed by atoms with Crippen LogP contribution in [0.1, 0.15) is 5.56 Å². The van der Waals surface area contributed by atoms with Crippen molar-refractivity contribution in [2.24, 2.45) is 7.05 Å². The zero-order chi connectivity index (χ0) is 24.6. The van der Waals surface area contributed by atoms with Crippen LogP contribution in [0.4, 0.5) is 5.82 Å². The fourth-order valence-electron chi connectivity index (χ4n) is 4.33. The molecule has 0 aliphatic carbocycles. The smallest absolute Gasteiger partial charge is 0.217 e. The molecule has 0 atom stereocenters. The minimum Gasteiger partial charge on any atom is -0.354 e. The van der Waals surface area contributed by atoms with E-state index in [1.165, 1.54) is 10.4 Å². The number of aromatic nitrogens is 5. The van der Waals surface area contributed by atoms with E-state index in [4.69, 9.17) is 0 Å². The second kappa shape index (κ2) is 8.98. The highest BCUT2D eigenvalue weighted by atomic mass is 32.2. The first-order valence-electron chi connectivity index (χ1n) is 11.1. The first-order chi connectivity index (χ1) is 16.9. The van der Waals surface area contributed by atoms with E-state index in [0.717, 1.165) is 33.6 Å². The molecule has 35 heavy (non-hydrogen) atoms. The van der Waals surface area contributed by atoms with Gasteiger partial charge in [0.05, 0.1) is 29.2 Å². The number of nitrogens with zero attached hydrogens (tertiary/aromatic N) is 8. The third-order valence-corrected chi connectivity index (χ3v) is 7.92. The summed E-state index contributed by atoms with van der Waals surface area (Å²) in [6, 6.07) is 8.15. The maximum atomic E-state index is 12.3. The van der Waals surface area contributed by atoms with Gasteiger partial charge in [-0.25, -0.2) is 17.9 Å². The average molecular weight is 489 g/mol. The van der Waals surface area contributed by atoms with Crippen LogP contribution >= 0.6 is 0 Å². The Morgan fingerprint density at radius 1 is 1.06 bits per heavy atom. The molecule has 178 valence electrons. The van der Waals surface area contributed by atoms with E-state index in [1.807, 2.05) is 37.6 Å². The molecule has 0 unspecified atom stereocenters. The molecular weight excluding hydrogens is 464 g/mol. The van der Waals surface area contributed by atoms with E-state index in [9.17, 15) is 13.7 Å². The highest BCUT2D eigenvalue weighted by Crippen LogP contribution is 2.32. The number of anilines is 1. The molecular formula is C24H24N8O2S. The number of sulfonamides is 1. The molecule has 0 bridgehead atoms. The van der Waals surface area contributed by atoms with E-state index in [-0.39, 0.29) is 5.75 Å². The number of hydrogen-bond acceptors (Lipinski definition) is 7. The molecule has 1 fully saturated rings. The maximum Gasteiger partial charge on any atom is 0.217 e. The van der Waals surface area contributed by atoms with Crippen molar-refractivity contribution in [3.8, 4) is 28.3 Å². The Morgan fingerprint density at radius 3 is 2.49 bits per heavy atom. The van der Waals surface area contributed by atoms with Gasteiger partial charge in [-0.05, 0) is 18.2 Å². The summed E-state index contributed by atoms with van der Waals surface area (Å²) in [5.74, 6) is 0.731. The fourth-order valence-corrected chi connectivity index (χ4v) is 5.56. The van der Waals surface area contributed by atoms with Gasteiger partial charge >= 0.3 is 0 Å². The van der Waals surface area contributed by atoms with E-state index in [2.05, 4.69) is 32.7 Å². The van der Waals surface area contributed by atoms with E-state index in [1.54, 1.807) is 27.8 Å². The number of pyridine rings is 2. The van der Waals surface area contributed by atoms with Crippen molar-refractivity contribution in [1.82, 2.24) is 28.7 Å². The summed E-state index contributed by atoms with van der Waals surface area (Å²) < 4.78 is 29.5. The second-order valence-electron chi connectivity index (χ2n) is 8.37. The Kier molecular flexibility index (Phi) is 5.84. The zero-order valence-corrected chi connectivity index (χ0v) is 20.1. The highest BCUT2D eigenvalue weighted by Gasteiger charge is 2.26. The van der Waals surface area contributed by atoms with E-state index >= 15 is 0 Å². The van der Waals surface area contributed by atoms with Crippen LogP contribution in [-0.4, -0.2) is 69.0 Å². The van der Waals surface area contributed by atoms with Gasteiger partial charge < -0.3 is 4.90 Å². The number of hydrogen-bond donors (Lipinski definition) is 0. The van der Waals surface area contributed by atoms with Gasteiger partial charge in [-0.15, -0.1) is 6.58 Å². The summed E-state index contributed by atoms with van der Waals surface area (Å²) in [5, 5.41) is 18.3. The van der Waals surface area contributed by atoms with Crippen molar-refractivity contribution in [2.75, 3.05) is 36.8 Å². The summed E-state index contributed by atoms with van der Waals surface area (Å²) >= 11 is 0. The zero-order valence-electron chi connectivity index (χ0n) is 19.2. The molecule has 4 aromatic rings. The topological polar surface area (TPSA) is 112 Å². The van der Waals surface area contributed by atoms with Crippen LogP contribution in [0.5, 0.6) is 0 Å². The van der Waals surface area contributed by atoms with Crippen molar-refractivity contribution in [2.45, 2.75) is 0 Å². The quantitative estimate of drug-likeness (QED) is 0.383. The molecule has 1 saturated heterocycles. The van der Waals surface area contributed by atoms with Gasteiger partial charge in [-0.3, -0.25) is 4.68 Å². The van der Waals surface area contributed by atoms with E-state index in [0.29, 0.717) is 31.7 Å². The molecule has 1 aliphatic heterocycles. The average Bonchev–Trinajstić information content (AvgIpc) is 3.49. The molecule has 0 spiro atoms. The molecule has 0 aromatic carbocycles. The first-order valence-corrected chi connectivity index (χ1v) is 12.7. The third-order valence-electron chi connectivity index (χ3n) is 6.11. The number of nitriles is 1. The molecule has 10 nitrogen and oxygen atoms in total. The van der Waals surface area contributed by atoms with Crippen LogP contribution in [0.2, 0.25) is 0 Å². The molecule has 4 aromatic heterocycles. The lowest BCUT2D eigenvalue weighted by Crippen LogP contribution is -2.49. The van der Waals surface area contributed by atoms with Gasteiger partial charge in [0.2, 0.25) is 10.0 Å². The standard InChI is InChI=1S/C24H24N8O2S/c1-3-10-35(33,34)31-8-6-30(7-9-31)23-5-4-18(13-26-23)22-11-19(21-15-27-29(2)16-21)17-32-24(22)20(12-25)14-28-32/h3-5,11,13-17H,1,6-10H2,2H3. The van der Waals surface area contributed by atoms with Crippen molar-refractivity contribution in [3.63, 3.8) is 0 Å². The van der Waals surface area contributed by atoms with Gasteiger partial charge in [0.25, 0.3) is 0 Å². The van der Waals surface area contributed by atoms with Crippen LogP contribution in [0.25, 0.3) is 27.8 Å². The SMILES string of the molecule is C=CCS(=O)(=O)N1CCN(c2ccc(-c3cc(-c4cnn(C)c4)cn4ncc(C#N)c34)cn2)CC1. The molecule has 0 radical (unpaired) electrons. The fraction of sp³-hybridized carbons (Fsp3) is 0.250. The predicted octanol–water partition coefficient (Wildman–Crippen LogP) is 2.31. The lowest BCUT2D eigenvalue weighted by Gasteiger charge is -2.34. The summed E-state index contributed by atoms with van der Waals surface area (Å²) in [5.41, 5.74) is 4.77. The van der Waals surface area contributed by atoms with Crippen LogP contribution in [-0.2, 0) is 17.1 Å². The van der Waals surface area contributed by atoms with Gasteiger partial charge in [-0.1, -0.05) is 6.08 Å². The molecule has 1 aliphatic rings. The Hall–Kier alpha value is -4.01. The molecule has 0 saturated carbocycles. The summed E-state index contributed by atoms with van der Waals surface area (Å²) in [7, 11) is -1.44. The van der Waals surface area contributed by atoms with E-state index < -0.39 is 10.0 Å². The van der Waals surface area contributed by atoms with Crippen LogP contribution < -0.4 is 4.90 Å². The monoisotopic (exact) mass is 488 g/mol. The Bertz CT molecular complexity index is 1540. The Balaban J connectivity index is 1.45. The first kappa shape index (κ1) is 22.8. The molecule has 11 heteroatoms. The molecule has 0 N–H and O–H groups in total. The largest absolute Gasteiger partial charge is 0.354 e. The molecule has 5 heterocycles. The van der Waals surface area contributed by atoms with Crippen molar-refractivity contribution < 1.29 is 8.42 Å². The highest BCUT2D eigenvalue weighted by molar-refractivity contribution is 7.89. The summed E-state index contributed by atoms with van der Waals surface area (Å²) in [6.45, 7) is 5.48. The summed E-state index contributed by atoms with van der Waals surface area (Å²) in [6.07, 6.45) is 10.4. The number of aryl methyl sites for hydroxylation is 1. The van der Waals surface area contributed by atoms with Crippen molar-refractivity contribution >= 4 is 21.4 Å². The minimum absolute atomic E-state index is 0.0498. The van der Waals surface area contributed by atoms with Crippen molar-refractivity contribution in [3.05, 3.63) is 67.4 Å². The van der Waals surface area contributed by atoms with Crippen molar-refractivity contribution in [1.29, 1.82) is 5.26 Å². The van der Waals surface area contributed by atoms with Gasteiger partial charge in [0.15, 0.2) is 0 Å². The number of fused-ring (bicyclic) bond motifs is 1. The lowest BCUT2D eigenvalue weighted by atomic mass is 10.0. The van der Waals surface area contributed by atoms with Gasteiger partial charge in [-0.2, -0.15) is 19.8 Å². The van der Waals surface area contributed by atoms with Crippen LogP contribution in [0.15, 0.2) is 61.8 Å².